The Labute approximate surface area is 220 Å². The maximum absolute atomic E-state index is 13.9. The van der Waals surface area contributed by atoms with Gasteiger partial charge in [-0.15, -0.1) is 0 Å². The van der Waals surface area contributed by atoms with Crippen LogP contribution in [0.25, 0.3) is 21.7 Å². The number of carbonyl (C=O) groups is 1. The molecular formula is C30H22F3NO5. The second-order valence-corrected chi connectivity index (χ2v) is 8.98. The van der Waals surface area contributed by atoms with Crippen LogP contribution in [-0.2, 0) is 11.0 Å². The summed E-state index contributed by atoms with van der Waals surface area (Å²) in [5.41, 5.74) is 0.564. The molecule has 39 heavy (non-hydrogen) atoms. The van der Waals surface area contributed by atoms with Crippen molar-refractivity contribution in [1.82, 2.24) is 0 Å². The molecule has 1 amide bonds. The monoisotopic (exact) mass is 533 g/mol. The van der Waals surface area contributed by atoms with Gasteiger partial charge in [-0.25, -0.2) is 0 Å². The number of amides is 1. The van der Waals surface area contributed by atoms with Gasteiger partial charge in [0.2, 0.25) is 11.2 Å². The van der Waals surface area contributed by atoms with E-state index in [0.29, 0.717) is 11.3 Å². The maximum atomic E-state index is 13.9. The minimum atomic E-state index is -5.00. The maximum Gasteiger partial charge on any atom is 0.453 e. The second kappa shape index (κ2) is 10.2. The molecule has 1 N–H and O–H groups in total. The SMILES string of the molecule is Cc1ccc(C)c(Oc2c(C(F)(F)F)oc3cc(OCC(=O)Nc4cccc5ccccc45)ccc3c2=O)c1. The summed E-state index contributed by atoms with van der Waals surface area (Å²) in [6, 6.07) is 21.8. The molecule has 4 aromatic carbocycles. The molecule has 0 fully saturated rings. The first-order chi connectivity index (χ1) is 18.6. The molecule has 0 unspecified atom stereocenters. The van der Waals surface area contributed by atoms with Gasteiger partial charge < -0.3 is 19.2 Å². The predicted molar refractivity (Wildman–Crippen MR) is 142 cm³/mol. The third-order valence-corrected chi connectivity index (χ3v) is 6.07. The van der Waals surface area contributed by atoms with E-state index in [1.165, 1.54) is 12.1 Å². The molecule has 6 nitrogen and oxygen atoms in total. The Morgan fingerprint density at radius 2 is 1.69 bits per heavy atom. The molecule has 0 saturated heterocycles. The zero-order valence-electron chi connectivity index (χ0n) is 20.9. The third kappa shape index (κ3) is 5.43. The van der Waals surface area contributed by atoms with Gasteiger partial charge in [-0.1, -0.05) is 48.5 Å². The van der Waals surface area contributed by atoms with E-state index in [-0.39, 0.29) is 22.5 Å². The van der Waals surface area contributed by atoms with E-state index < -0.39 is 35.6 Å². The fourth-order valence-electron chi connectivity index (χ4n) is 4.12. The standard InChI is InChI=1S/C30H22F3NO5/c1-17-10-11-18(2)24(14-17)38-28-27(36)22-13-12-20(15-25(22)39-29(28)30(31,32)33)37-16-26(35)34-23-9-5-7-19-6-3-4-8-21(19)23/h3-15H,16H2,1-2H3,(H,34,35). The molecule has 0 atom stereocenters. The van der Waals surface area contributed by atoms with Crippen LogP contribution in [0.3, 0.4) is 0 Å². The van der Waals surface area contributed by atoms with Crippen molar-refractivity contribution in [2.75, 3.05) is 11.9 Å². The zero-order valence-corrected chi connectivity index (χ0v) is 20.9. The van der Waals surface area contributed by atoms with Gasteiger partial charge in [-0.05, 0) is 54.6 Å². The van der Waals surface area contributed by atoms with Crippen molar-refractivity contribution in [1.29, 1.82) is 0 Å². The molecule has 0 bridgehead atoms. The van der Waals surface area contributed by atoms with Crippen LogP contribution >= 0.6 is 0 Å². The number of anilines is 1. The van der Waals surface area contributed by atoms with Crippen molar-refractivity contribution >= 4 is 33.3 Å². The van der Waals surface area contributed by atoms with E-state index in [2.05, 4.69) is 5.32 Å². The minimum absolute atomic E-state index is 0.0510. The van der Waals surface area contributed by atoms with Gasteiger partial charge in [0.25, 0.3) is 11.7 Å². The molecule has 5 rings (SSSR count). The summed E-state index contributed by atoms with van der Waals surface area (Å²) >= 11 is 0. The van der Waals surface area contributed by atoms with Gasteiger partial charge in [-0.2, -0.15) is 13.2 Å². The number of alkyl halides is 3. The summed E-state index contributed by atoms with van der Waals surface area (Å²) in [6.45, 7) is 2.99. The fraction of sp³-hybridized carbons (Fsp3) is 0.133. The molecule has 0 saturated carbocycles. The summed E-state index contributed by atoms with van der Waals surface area (Å²) in [7, 11) is 0. The first-order valence-electron chi connectivity index (χ1n) is 11.9. The molecule has 0 aliphatic heterocycles. The van der Waals surface area contributed by atoms with Gasteiger partial charge in [0.15, 0.2) is 6.61 Å². The highest BCUT2D eigenvalue weighted by Crippen LogP contribution is 2.39. The quantitative estimate of drug-likeness (QED) is 0.246. The van der Waals surface area contributed by atoms with Gasteiger partial charge in [0, 0.05) is 17.1 Å². The minimum Gasteiger partial charge on any atom is -0.484 e. The number of benzene rings is 4. The van der Waals surface area contributed by atoms with Gasteiger partial charge in [0.05, 0.1) is 5.39 Å². The Bertz CT molecular complexity index is 1770. The molecular weight excluding hydrogens is 511 g/mol. The Hall–Kier alpha value is -4.79. The lowest BCUT2D eigenvalue weighted by molar-refractivity contribution is -0.154. The number of halogens is 3. The van der Waals surface area contributed by atoms with Crippen molar-refractivity contribution < 1.29 is 31.9 Å². The molecule has 5 aromatic rings. The highest BCUT2D eigenvalue weighted by atomic mass is 19.4. The Kier molecular flexibility index (Phi) is 6.74. The molecule has 0 spiro atoms. The highest BCUT2D eigenvalue weighted by Gasteiger charge is 2.40. The van der Waals surface area contributed by atoms with Crippen LogP contribution in [-0.4, -0.2) is 12.5 Å². The number of nitrogens with one attached hydrogen (secondary N) is 1. The van der Waals surface area contributed by atoms with Crippen LogP contribution in [0, 0.1) is 13.8 Å². The van der Waals surface area contributed by atoms with Gasteiger partial charge in [-0.3, -0.25) is 9.59 Å². The van der Waals surface area contributed by atoms with Crippen LogP contribution in [0.15, 0.2) is 88.1 Å². The van der Waals surface area contributed by atoms with Crippen LogP contribution in [0.1, 0.15) is 16.9 Å². The fourth-order valence-corrected chi connectivity index (χ4v) is 4.12. The number of aryl methyl sites for hydroxylation is 2. The van der Waals surface area contributed by atoms with Gasteiger partial charge >= 0.3 is 6.18 Å². The summed E-state index contributed by atoms with van der Waals surface area (Å²) in [5, 5.41) is 4.43. The Balaban J connectivity index is 1.41. The number of carbonyl (C=O) groups excluding carboxylic acids is 1. The van der Waals surface area contributed by atoms with E-state index in [4.69, 9.17) is 13.9 Å². The lowest BCUT2D eigenvalue weighted by Gasteiger charge is -2.15. The topological polar surface area (TPSA) is 77.8 Å². The lowest BCUT2D eigenvalue weighted by Crippen LogP contribution is -2.20. The van der Waals surface area contributed by atoms with Crippen molar-refractivity contribution in [2.45, 2.75) is 20.0 Å². The number of hydrogen-bond donors (Lipinski definition) is 1. The lowest BCUT2D eigenvalue weighted by atomic mass is 10.1. The molecule has 9 heteroatoms. The van der Waals surface area contributed by atoms with Crippen LogP contribution in [0.5, 0.6) is 17.2 Å². The number of ether oxygens (including phenoxy) is 2. The molecule has 198 valence electrons. The molecule has 1 heterocycles. The Morgan fingerprint density at radius 1 is 0.923 bits per heavy atom. The Morgan fingerprint density at radius 3 is 2.49 bits per heavy atom. The molecule has 0 aliphatic rings. The van der Waals surface area contributed by atoms with Crippen molar-refractivity contribution in [3.8, 4) is 17.2 Å². The molecule has 1 aromatic heterocycles. The number of rotatable bonds is 6. The predicted octanol–water partition coefficient (Wildman–Crippen LogP) is 7.39. The van der Waals surface area contributed by atoms with E-state index in [1.807, 2.05) is 30.3 Å². The third-order valence-electron chi connectivity index (χ3n) is 6.07. The van der Waals surface area contributed by atoms with E-state index >= 15 is 0 Å². The van der Waals surface area contributed by atoms with Gasteiger partial charge in [0.1, 0.15) is 17.1 Å². The number of hydrogen-bond acceptors (Lipinski definition) is 5. The van der Waals surface area contributed by atoms with E-state index in [9.17, 15) is 22.8 Å². The normalized spacial score (nSPS) is 11.5. The van der Waals surface area contributed by atoms with Crippen LogP contribution in [0.2, 0.25) is 0 Å². The number of fused-ring (bicyclic) bond motifs is 2. The summed E-state index contributed by atoms with van der Waals surface area (Å²) < 4.78 is 57.9. The molecule has 0 radical (unpaired) electrons. The summed E-state index contributed by atoms with van der Waals surface area (Å²) in [5.74, 6) is -2.82. The first kappa shape index (κ1) is 25.8. The largest absolute Gasteiger partial charge is 0.484 e. The highest BCUT2D eigenvalue weighted by molar-refractivity contribution is 6.02. The summed E-state index contributed by atoms with van der Waals surface area (Å²) in [6.07, 6.45) is -5.00. The van der Waals surface area contributed by atoms with Crippen molar-refractivity contribution in [3.05, 3.63) is 106 Å². The average Bonchev–Trinajstić information content (AvgIpc) is 2.90. The van der Waals surface area contributed by atoms with E-state index in [1.54, 1.807) is 44.2 Å². The average molecular weight is 534 g/mol. The van der Waals surface area contributed by atoms with E-state index in [0.717, 1.165) is 22.4 Å². The first-order valence-corrected chi connectivity index (χ1v) is 11.9. The zero-order chi connectivity index (χ0) is 27.7. The van der Waals surface area contributed by atoms with Crippen molar-refractivity contribution in [3.63, 3.8) is 0 Å². The summed E-state index contributed by atoms with van der Waals surface area (Å²) in [4.78, 5) is 25.6. The second-order valence-electron chi connectivity index (χ2n) is 8.98. The van der Waals surface area contributed by atoms with Crippen molar-refractivity contribution in [2.24, 2.45) is 0 Å². The molecule has 0 aliphatic carbocycles. The van der Waals surface area contributed by atoms with Crippen LogP contribution in [0.4, 0.5) is 18.9 Å². The smallest absolute Gasteiger partial charge is 0.453 e. The van der Waals surface area contributed by atoms with Crippen LogP contribution < -0.4 is 20.2 Å².